The predicted molar refractivity (Wildman–Crippen MR) is 109 cm³/mol. The zero-order chi connectivity index (χ0) is 20.9. The molecule has 8 nitrogen and oxygen atoms in total. The number of rotatable bonds is 10. The number of benzene rings is 2. The molecule has 1 fully saturated rings. The summed E-state index contributed by atoms with van der Waals surface area (Å²) in [4.78, 5) is 12.4. The normalized spacial score (nSPS) is 14.8. The second-order valence-electron chi connectivity index (χ2n) is 6.84. The van der Waals surface area contributed by atoms with Gasteiger partial charge in [0.15, 0.2) is 0 Å². The number of amides is 1. The fourth-order valence-corrected chi connectivity index (χ4v) is 3.81. The SMILES string of the molecule is COc1cccc(COC(C)C(=O)NNc2ccc(S(=O)(=O)NC3CC3)cc2)c1. The molecule has 0 saturated heterocycles. The van der Waals surface area contributed by atoms with Crippen molar-refractivity contribution in [2.45, 2.75) is 43.4 Å². The minimum Gasteiger partial charge on any atom is -0.497 e. The Morgan fingerprint density at radius 1 is 1.17 bits per heavy atom. The topological polar surface area (TPSA) is 106 Å². The molecular weight excluding hydrogens is 394 g/mol. The van der Waals surface area contributed by atoms with Crippen LogP contribution in [0.25, 0.3) is 0 Å². The van der Waals surface area contributed by atoms with E-state index < -0.39 is 16.1 Å². The lowest BCUT2D eigenvalue weighted by Gasteiger charge is -2.15. The molecule has 1 aliphatic carbocycles. The molecule has 0 aromatic heterocycles. The second-order valence-corrected chi connectivity index (χ2v) is 8.55. The van der Waals surface area contributed by atoms with Gasteiger partial charge in [-0.2, -0.15) is 0 Å². The Morgan fingerprint density at radius 3 is 2.55 bits per heavy atom. The fraction of sp³-hybridized carbons (Fsp3) is 0.350. The van der Waals surface area contributed by atoms with Crippen LogP contribution in [0.1, 0.15) is 25.3 Å². The van der Waals surface area contributed by atoms with Crippen LogP contribution in [0.15, 0.2) is 53.4 Å². The lowest BCUT2D eigenvalue weighted by atomic mass is 10.2. The fourth-order valence-electron chi connectivity index (χ4n) is 2.50. The first-order valence-corrected chi connectivity index (χ1v) is 10.8. The second kappa shape index (κ2) is 9.25. The van der Waals surface area contributed by atoms with Crippen molar-refractivity contribution in [3.8, 4) is 5.75 Å². The van der Waals surface area contributed by atoms with Crippen LogP contribution < -0.4 is 20.3 Å². The van der Waals surface area contributed by atoms with Crippen LogP contribution in [-0.2, 0) is 26.2 Å². The highest BCUT2D eigenvalue weighted by molar-refractivity contribution is 7.89. The lowest BCUT2D eigenvalue weighted by Crippen LogP contribution is -2.38. The van der Waals surface area contributed by atoms with Crippen molar-refractivity contribution in [3.05, 3.63) is 54.1 Å². The van der Waals surface area contributed by atoms with Gasteiger partial charge < -0.3 is 9.47 Å². The van der Waals surface area contributed by atoms with Gasteiger partial charge in [0.25, 0.3) is 5.91 Å². The number of hydrogen-bond donors (Lipinski definition) is 3. The molecule has 0 radical (unpaired) electrons. The van der Waals surface area contributed by atoms with Gasteiger partial charge in [-0.15, -0.1) is 0 Å². The van der Waals surface area contributed by atoms with Gasteiger partial charge in [0.1, 0.15) is 11.9 Å². The Hall–Kier alpha value is -2.62. The van der Waals surface area contributed by atoms with Crippen molar-refractivity contribution in [3.63, 3.8) is 0 Å². The summed E-state index contributed by atoms with van der Waals surface area (Å²) < 4.78 is 37.7. The molecule has 2 aromatic rings. The van der Waals surface area contributed by atoms with Crippen molar-refractivity contribution in [2.24, 2.45) is 0 Å². The number of carbonyl (C=O) groups excluding carboxylic acids is 1. The number of sulfonamides is 1. The Kier molecular flexibility index (Phi) is 6.73. The van der Waals surface area contributed by atoms with Crippen LogP contribution in [-0.4, -0.2) is 33.6 Å². The predicted octanol–water partition coefficient (Wildman–Crippen LogP) is 2.18. The Balaban J connectivity index is 1.46. The highest BCUT2D eigenvalue weighted by Gasteiger charge is 2.27. The van der Waals surface area contributed by atoms with Gasteiger partial charge in [0.05, 0.1) is 24.3 Å². The van der Waals surface area contributed by atoms with Crippen LogP contribution in [0.3, 0.4) is 0 Å². The Bertz CT molecular complexity index is 943. The monoisotopic (exact) mass is 419 g/mol. The molecule has 156 valence electrons. The number of ether oxygens (including phenoxy) is 2. The van der Waals surface area contributed by atoms with Gasteiger partial charge in [0, 0.05) is 6.04 Å². The van der Waals surface area contributed by atoms with E-state index in [4.69, 9.17) is 9.47 Å². The van der Waals surface area contributed by atoms with Gasteiger partial charge in [0.2, 0.25) is 10.0 Å². The molecule has 9 heteroatoms. The van der Waals surface area contributed by atoms with Gasteiger partial charge in [-0.25, -0.2) is 13.1 Å². The molecular formula is C20H25N3O5S. The number of carbonyl (C=O) groups is 1. The minimum atomic E-state index is -3.49. The quantitative estimate of drug-likeness (QED) is 0.510. The van der Waals surface area contributed by atoms with Gasteiger partial charge in [-0.3, -0.25) is 15.6 Å². The summed E-state index contributed by atoms with van der Waals surface area (Å²) in [5, 5.41) is 0. The maximum Gasteiger partial charge on any atom is 0.267 e. The zero-order valence-electron chi connectivity index (χ0n) is 16.3. The zero-order valence-corrected chi connectivity index (χ0v) is 17.2. The van der Waals surface area contributed by atoms with E-state index in [9.17, 15) is 13.2 Å². The summed E-state index contributed by atoms with van der Waals surface area (Å²) in [5.41, 5.74) is 6.77. The van der Waals surface area contributed by atoms with E-state index in [2.05, 4.69) is 15.6 Å². The molecule has 0 heterocycles. The molecule has 3 rings (SSSR count). The van der Waals surface area contributed by atoms with E-state index in [0.717, 1.165) is 24.2 Å². The van der Waals surface area contributed by atoms with E-state index >= 15 is 0 Å². The third kappa shape index (κ3) is 6.18. The summed E-state index contributed by atoms with van der Waals surface area (Å²) in [6, 6.07) is 13.6. The van der Waals surface area contributed by atoms with E-state index in [1.165, 1.54) is 12.1 Å². The maximum atomic E-state index is 12.2. The molecule has 29 heavy (non-hydrogen) atoms. The van der Waals surface area contributed by atoms with E-state index in [0.29, 0.717) is 5.69 Å². The van der Waals surface area contributed by atoms with Crippen LogP contribution in [0.4, 0.5) is 5.69 Å². The van der Waals surface area contributed by atoms with Crippen LogP contribution in [0, 0.1) is 0 Å². The van der Waals surface area contributed by atoms with Crippen molar-refractivity contribution in [1.29, 1.82) is 0 Å². The van der Waals surface area contributed by atoms with Crippen LogP contribution in [0.2, 0.25) is 0 Å². The number of hydrazine groups is 1. The number of methoxy groups -OCH3 is 1. The van der Waals surface area contributed by atoms with Crippen molar-refractivity contribution in [1.82, 2.24) is 10.1 Å². The number of nitrogens with one attached hydrogen (secondary N) is 3. The Morgan fingerprint density at radius 2 is 1.90 bits per heavy atom. The molecule has 3 N–H and O–H groups in total. The third-order valence-corrected chi connectivity index (χ3v) is 5.93. The highest BCUT2D eigenvalue weighted by atomic mass is 32.2. The first-order valence-electron chi connectivity index (χ1n) is 9.30. The smallest absolute Gasteiger partial charge is 0.267 e. The average Bonchev–Trinajstić information content (AvgIpc) is 3.54. The summed E-state index contributed by atoms with van der Waals surface area (Å²) in [6.45, 7) is 1.92. The van der Waals surface area contributed by atoms with Crippen molar-refractivity contribution >= 4 is 21.6 Å². The van der Waals surface area contributed by atoms with Crippen LogP contribution in [0.5, 0.6) is 5.75 Å². The lowest BCUT2D eigenvalue weighted by molar-refractivity contribution is -0.131. The molecule has 0 bridgehead atoms. The molecule has 0 spiro atoms. The number of hydrogen-bond acceptors (Lipinski definition) is 6. The van der Waals surface area contributed by atoms with E-state index in [1.807, 2.05) is 24.3 Å². The van der Waals surface area contributed by atoms with Crippen molar-refractivity contribution < 1.29 is 22.7 Å². The molecule has 1 aliphatic rings. The Labute approximate surface area is 170 Å². The first-order chi connectivity index (χ1) is 13.9. The summed E-state index contributed by atoms with van der Waals surface area (Å²) >= 11 is 0. The summed E-state index contributed by atoms with van der Waals surface area (Å²) in [7, 11) is -1.90. The standard InChI is InChI=1S/C20H25N3O5S/c1-14(28-13-15-4-3-5-18(12-15)27-2)20(24)22-21-16-8-10-19(11-9-16)29(25,26)23-17-6-7-17/h3-5,8-12,14,17,21,23H,6-7,13H2,1-2H3,(H,22,24). The van der Waals surface area contributed by atoms with E-state index in [-0.39, 0.29) is 23.5 Å². The maximum absolute atomic E-state index is 12.2. The first kappa shape index (κ1) is 21.1. The largest absolute Gasteiger partial charge is 0.497 e. The molecule has 0 aliphatic heterocycles. The van der Waals surface area contributed by atoms with Crippen molar-refractivity contribution in [2.75, 3.05) is 12.5 Å². The third-order valence-electron chi connectivity index (χ3n) is 4.40. The van der Waals surface area contributed by atoms with Crippen LogP contribution >= 0.6 is 0 Å². The number of anilines is 1. The molecule has 1 atom stereocenters. The molecule has 1 unspecified atom stereocenters. The molecule has 1 amide bonds. The average molecular weight is 420 g/mol. The summed E-state index contributed by atoms with van der Waals surface area (Å²) in [5.74, 6) is 0.377. The molecule has 1 saturated carbocycles. The van der Waals surface area contributed by atoms with Gasteiger partial charge in [-0.05, 0) is 61.7 Å². The van der Waals surface area contributed by atoms with Gasteiger partial charge in [-0.1, -0.05) is 12.1 Å². The van der Waals surface area contributed by atoms with E-state index in [1.54, 1.807) is 26.2 Å². The van der Waals surface area contributed by atoms with Gasteiger partial charge >= 0.3 is 0 Å². The minimum absolute atomic E-state index is 0.0514. The summed E-state index contributed by atoms with van der Waals surface area (Å²) in [6.07, 6.45) is 1.07. The molecule has 2 aromatic carbocycles. The highest BCUT2D eigenvalue weighted by Crippen LogP contribution is 2.22.